The van der Waals surface area contributed by atoms with Crippen molar-refractivity contribution in [1.82, 2.24) is 15.2 Å². The van der Waals surface area contributed by atoms with Crippen LogP contribution in [-0.2, 0) is 21.8 Å². The molecule has 2 fully saturated rings. The smallest absolute Gasteiger partial charge is 0.225 e. The van der Waals surface area contributed by atoms with Crippen LogP contribution in [0.15, 0.2) is 5.38 Å². The minimum absolute atomic E-state index is 0.0170. The number of amides is 2. The molecule has 1 N–H and O–H groups in total. The van der Waals surface area contributed by atoms with Gasteiger partial charge in [-0.3, -0.25) is 9.59 Å². The number of thioether (sulfide) groups is 1. The van der Waals surface area contributed by atoms with Crippen LogP contribution in [0.2, 0.25) is 0 Å². The minimum Gasteiger partial charge on any atom is -0.355 e. The highest BCUT2D eigenvalue weighted by molar-refractivity contribution is 7.97. The van der Waals surface area contributed by atoms with E-state index in [1.165, 1.54) is 12.8 Å². The van der Waals surface area contributed by atoms with Crippen LogP contribution in [-0.4, -0.2) is 47.1 Å². The molecule has 1 saturated heterocycles. The van der Waals surface area contributed by atoms with Crippen LogP contribution in [0, 0.1) is 5.92 Å². The molecule has 1 aromatic rings. The first-order valence-electron chi connectivity index (χ1n) is 8.66. The fourth-order valence-electron chi connectivity index (χ4n) is 3.59. The standard InChI is InChI=1S/C17H25N3O2S2/c1-23-11-15-19-13(10-24-15)6-7-18-17(22)12-8-16(21)20(9-12)14-4-2-3-5-14/h10,12,14H,2-9,11H2,1H3,(H,18,22)/t12-/m1/s1. The van der Waals surface area contributed by atoms with Crippen molar-refractivity contribution in [2.45, 2.75) is 50.3 Å². The molecule has 0 aromatic carbocycles. The summed E-state index contributed by atoms with van der Waals surface area (Å²) in [5, 5.41) is 6.19. The van der Waals surface area contributed by atoms with Crippen LogP contribution in [0.5, 0.6) is 0 Å². The average molecular weight is 368 g/mol. The molecule has 2 aliphatic rings. The summed E-state index contributed by atoms with van der Waals surface area (Å²) in [5.74, 6) is 0.936. The third kappa shape index (κ3) is 4.30. The van der Waals surface area contributed by atoms with Gasteiger partial charge in [-0.25, -0.2) is 4.98 Å². The lowest BCUT2D eigenvalue weighted by atomic mass is 10.1. The zero-order valence-electron chi connectivity index (χ0n) is 14.1. The number of nitrogens with zero attached hydrogens (tertiary/aromatic N) is 2. The largest absolute Gasteiger partial charge is 0.355 e. The molecular weight excluding hydrogens is 342 g/mol. The Kier molecular flexibility index (Phi) is 6.16. The summed E-state index contributed by atoms with van der Waals surface area (Å²) in [6.07, 6.45) is 7.80. The predicted molar refractivity (Wildman–Crippen MR) is 98.1 cm³/mol. The first kappa shape index (κ1) is 17.7. The summed E-state index contributed by atoms with van der Waals surface area (Å²) >= 11 is 3.44. The molecule has 1 aliphatic heterocycles. The molecule has 0 bridgehead atoms. The maximum absolute atomic E-state index is 12.3. The van der Waals surface area contributed by atoms with E-state index < -0.39 is 0 Å². The van der Waals surface area contributed by atoms with E-state index in [4.69, 9.17) is 0 Å². The minimum atomic E-state index is -0.180. The highest BCUT2D eigenvalue weighted by Gasteiger charge is 2.38. The molecule has 1 aliphatic carbocycles. The zero-order valence-corrected chi connectivity index (χ0v) is 15.8. The number of hydrogen-bond acceptors (Lipinski definition) is 5. The normalized spacial score (nSPS) is 21.6. The number of carbonyl (C=O) groups excluding carboxylic acids is 2. The van der Waals surface area contributed by atoms with Gasteiger partial charge in [-0.15, -0.1) is 11.3 Å². The number of aromatic nitrogens is 1. The Morgan fingerprint density at radius 3 is 3.00 bits per heavy atom. The third-order valence-electron chi connectivity index (χ3n) is 4.84. The van der Waals surface area contributed by atoms with E-state index in [1.54, 1.807) is 23.1 Å². The van der Waals surface area contributed by atoms with E-state index in [2.05, 4.69) is 21.9 Å². The lowest BCUT2D eigenvalue weighted by Gasteiger charge is -2.23. The van der Waals surface area contributed by atoms with Crippen LogP contribution in [0.4, 0.5) is 0 Å². The predicted octanol–water partition coefficient (Wildman–Crippen LogP) is 2.46. The molecule has 24 heavy (non-hydrogen) atoms. The van der Waals surface area contributed by atoms with E-state index in [1.807, 2.05) is 4.90 Å². The molecule has 0 unspecified atom stereocenters. The number of likely N-dealkylation sites (tertiary alicyclic amines) is 1. The van der Waals surface area contributed by atoms with E-state index in [-0.39, 0.29) is 17.7 Å². The Bertz CT molecular complexity index is 584. The van der Waals surface area contributed by atoms with Crippen molar-refractivity contribution < 1.29 is 9.59 Å². The van der Waals surface area contributed by atoms with Gasteiger partial charge in [0.25, 0.3) is 0 Å². The van der Waals surface area contributed by atoms with Crippen molar-refractivity contribution in [2.24, 2.45) is 5.92 Å². The zero-order chi connectivity index (χ0) is 16.9. The SMILES string of the molecule is CSCc1nc(CCNC(=O)[C@@H]2CC(=O)N(C3CCCC3)C2)cs1. The van der Waals surface area contributed by atoms with Crippen LogP contribution < -0.4 is 5.32 Å². The Morgan fingerprint density at radius 2 is 2.25 bits per heavy atom. The van der Waals surface area contributed by atoms with Gasteiger partial charge in [0.05, 0.1) is 11.6 Å². The summed E-state index contributed by atoms with van der Waals surface area (Å²) in [5.41, 5.74) is 1.04. The summed E-state index contributed by atoms with van der Waals surface area (Å²) in [6.45, 7) is 1.19. The summed E-state index contributed by atoms with van der Waals surface area (Å²) in [6, 6.07) is 0.375. The van der Waals surface area contributed by atoms with E-state index in [0.29, 0.717) is 25.6 Å². The summed E-state index contributed by atoms with van der Waals surface area (Å²) in [4.78, 5) is 31.0. The highest BCUT2D eigenvalue weighted by Crippen LogP contribution is 2.29. The topological polar surface area (TPSA) is 62.3 Å². The second kappa shape index (κ2) is 8.34. The molecule has 2 heterocycles. The van der Waals surface area contributed by atoms with Gasteiger partial charge in [-0.05, 0) is 19.1 Å². The summed E-state index contributed by atoms with van der Waals surface area (Å²) in [7, 11) is 0. The van der Waals surface area contributed by atoms with Crippen molar-refractivity contribution in [3.05, 3.63) is 16.1 Å². The maximum atomic E-state index is 12.3. The quantitative estimate of drug-likeness (QED) is 0.804. The van der Waals surface area contributed by atoms with Crippen molar-refractivity contribution >= 4 is 34.9 Å². The van der Waals surface area contributed by atoms with E-state index in [0.717, 1.165) is 35.7 Å². The molecule has 1 aromatic heterocycles. The lowest BCUT2D eigenvalue weighted by Crippen LogP contribution is -2.37. The number of hydrogen-bond donors (Lipinski definition) is 1. The third-order valence-corrected chi connectivity index (χ3v) is 6.48. The van der Waals surface area contributed by atoms with Gasteiger partial charge in [0, 0.05) is 43.1 Å². The van der Waals surface area contributed by atoms with Gasteiger partial charge in [0.1, 0.15) is 5.01 Å². The first-order chi connectivity index (χ1) is 11.7. The first-order valence-corrected chi connectivity index (χ1v) is 10.9. The Morgan fingerprint density at radius 1 is 1.46 bits per heavy atom. The molecule has 2 amide bonds. The van der Waals surface area contributed by atoms with Gasteiger partial charge in [0.2, 0.25) is 11.8 Å². The van der Waals surface area contributed by atoms with Gasteiger partial charge in [-0.1, -0.05) is 12.8 Å². The monoisotopic (exact) mass is 367 g/mol. The fourth-order valence-corrected chi connectivity index (χ4v) is 5.14. The Hall–Kier alpha value is -1.08. The van der Waals surface area contributed by atoms with Crippen LogP contribution in [0.1, 0.15) is 42.8 Å². The van der Waals surface area contributed by atoms with E-state index >= 15 is 0 Å². The van der Waals surface area contributed by atoms with Gasteiger partial charge in [-0.2, -0.15) is 11.8 Å². The molecule has 0 radical (unpaired) electrons. The van der Waals surface area contributed by atoms with Crippen molar-refractivity contribution in [2.75, 3.05) is 19.3 Å². The van der Waals surface area contributed by atoms with Crippen molar-refractivity contribution in [3.8, 4) is 0 Å². The van der Waals surface area contributed by atoms with Crippen molar-refractivity contribution in [3.63, 3.8) is 0 Å². The second-order valence-electron chi connectivity index (χ2n) is 6.59. The van der Waals surface area contributed by atoms with Crippen molar-refractivity contribution in [1.29, 1.82) is 0 Å². The van der Waals surface area contributed by atoms with Gasteiger partial charge >= 0.3 is 0 Å². The fraction of sp³-hybridized carbons (Fsp3) is 0.706. The number of carbonyl (C=O) groups is 2. The molecule has 0 spiro atoms. The van der Waals surface area contributed by atoms with Crippen LogP contribution in [0.3, 0.4) is 0 Å². The Balaban J connectivity index is 1.42. The highest BCUT2D eigenvalue weighted by atomic mass is 32.2. The molecule has 1 saturated carbocycles. The maximum Gasteiger partial charge on any atom is 0.225 e. The number of rotatable bonds is 7. The van der Waals surface area contributed by atoms with Crippen LogP contribution in [0.25, 0.3) is 0 Å². The molecule has 3 rings (SSSR count). The molecular formula is C17H25N3O2S2. The molecule has 5 nitrogen and oxygen atoms in total. The van der Waals surface area contributed by atoms with Crippen LogP contribution >= 0.6 is 23.1 Å². The summed E-state index contributed by atoms with van der Waals surface area (Å²) < 4.78 is 0. The average Bonchev–Trinajstić information content (AvgIpc) is 3.28. The molecule has 132 valence electrons. The van der Waals surface area contributed by atoms with Gasteiger partial charge < -0.3 is 10.2 Å². The van der Waals surface area contributed by atoms with E-state index in [9.17, 15) is 9.59 Å². The number of thiazole rings is 1. The molecule has 7 heteroatoms. The molecule has 1 atom stereocenters. The number of nitrogens with one attached hydrogen (secondary N) is 1. The lowest BCUT2D eigenvalue weighted by molar-refractivity contribution is -0.130. The second-order valence-corrected chi connectivity index (χ2v) is 8.40. The van der Waals surface area contributed by atoms with Gasteiger partial charge in [0.15, 0.2) is 0 Å². The Labute approximate surface area is 151 Å².